The second-order valence-electron chi connectivity index (χ2n) is 4.88. The van der Waals surface area contributed by atoms with Gasteiger partial charge in [-0.2, -0.15) is 0 Å². The van der Waals surface area contributed by atoms with Gasteiger partial charge in [-0.3, -0.25) is 0 Å². The van der Waals surface area contributed by atoms with Gasteiger partial charge in [-0.25, -0.2) is 9.78 Å². The number of benzene rings is 1. The Morgan fingerprint density at radius 3 is 2.75 bits per heavy atom. The van der Waals surface area contributed by atoms with E-state index in [9.17, 15) is 4.79 Å². The predicted octanol–water partition coefficient (Wildman–Crippen LogP) is 3.28. The highest BCUT2D eigenvalue weighted by molar-refractivity contribution is 6.35. The second-order valence-corrected chi connectivity index (χ2v) is 5.28. The number of halogens is 1. The molecular formula is C15H15ClN2O2. The number of rotatable bonds is 2. The number of carbonyl (C=O) groups excluding carboxylic acids is 1. The lowest BCUT2D eigenvalue weighted by Crippen LogP contribution is -2.17. The number of pyridine rings is 1. The fraction of sp³-hybridized carbons (Fsp3) is 0.333. The van der Waals surface area contributed by atoms with E-state index in [-0.39, 0.29) is 5.69 Å². The van der Waals surface area contributed by atoms with E-state index in [1.54, 1.807) is 6.07 Å². The van der Waals surface area contributed by atoms with Crippen LogP contribution < -0.4 is 4.90 Å². The Labute approximate surface area is 122 Å². The summed E-state index contributed by atoms with van der Waals surface area (Å²) in [6, 6.07) is 7.53. The molecule has 0 unspecified atom stereocenters. The van der Waals surface area contributed by atoms with Crippen molar-refractivity contribution in [2.45, 2.75) is 12.8 Å². The summed E-state index contributed by atoms with van der Waals surface area (Å²) in [6.07, 6.45) is 2.45. The third-order valence-electron chi connectivity index (χ3n) is 3.61. The van der Waals surface area contributed by atoms with E-state index in [0.717, 1.165) is 24.2 Å². The van der Waals surface area contributed by atoms with E-state index >= 15 is 0 Å². The second kappa shape index (κ2) is 5.29. The lowest BCUT2D eigenvalue weighted by atomic mass is 10.1. The van der Waals surface area contributed by atoms with Gasteiger partial charge in [0.15, 0.2) is 5.69 Å². The van der Waals surface area contributed by atoms with Crippen molar-refractivity contribution >= 4 is 34.2 Å². The first-order valence-electron chi connectivity index (χ1n) is 6.62. The molecule has 0 spiro atoms. The monoisotopic (exact) mass is 290 g/mol. The lowest BCUT2D eigenvalue weighted by Gasteiger charge is -2.18. The third kappa shape index (κ3) is 2.31. The zero-order valence-electron chi connectivity index (χ0n) is 11.2. The van der Waals surface area contributed by atoms with Gasteiger partial charge >= 0.3 is 5.97 Å². The minimum atomic E-state index is -0.475. The molecule has 0 radical (unpaired) electrons. The topological polar surface area (TPSA) is 42.4 Å². The molecule has 1 aliphatic heterocycles. The Balaban J connectivity index is 2.06. The molecule has 1 aromatic carbocycles. The van der Waals surface area contributed by atoms with Gasteiger partial charge in [0.25, 0.3) is 0 Å². The van der Waals surface area contributed by atoms with Crippen molar-refractivity contribution in [3.05, 3.63) is 35.0 Å². The van der Waals surface area contributed by atoms with Crippen molar-refractivity contribution in [2.75, 3.05) is 25.1 Å². The van der Waals surface area contributed by atoms with Crippen LogP contribution in [0, 0.1) is 0 Å². The highest BCUT2D eigenvalue weighted by Crippen LogP contribution is 2.29. The maximum atomic E-state index is 11.5. The Morgan fingerprint density at radius 2 is 2.05 bits per heavy atom. The maximum absolute atomic E-state index is 11.5. The highest BCUT2D eigenvalue weighted by atomic mass is 35.5. The normalized spacial score (nSPS) is 14.8. The van der Waals surface area contributed by atoms with Crippen molar-refractivity contribution < 1.29 is 9.53 Å². The average molecular weight is 291 g/mol. The van der Waals surface area contributed by atoms with Gasteiger partial charge in [-0.05, 0) is 37.1 Å². The van der Waals surface area contributed by atoms with Crippen LogP contribution in [0.4, 0.5) is 5.69 Å². The van der Waals surface area contributed by atoms with Crippen molar-refractivity contribution in [2.24, 2.45) is 0 Å². The van der Waals surface area contributed by atoms with Crippen LogP contribution in [0.15, 0.2) is 24.3 Å². The van der Waals surface area contributed by atoms with Gasteiger partial charge in [-0.15, -0.1) is 0 Å². The van der Waals surface area contributed by atoms with Crippen molar-refractivity contribution in [3.63, 3.8) is 0 Å². The standard InChI is InChI=1S/C15H15ClN2O2/c1-20-15(19)14-9-12(16)11-8-10(4-5-13(11)17-14)18-6-2-3-7-18/h4-5,8-9H,2-3,6-7H2,1H3. The van der Waals surface area contributed by atoms with Crippen LogP contribution in [-0.4, -0.2) is 31.2 Å². The summed E-state index contributed by atoms with van der Waals surface area (Å²) in [5, 5.41) is 1.39. The summed E-state index contributed by atoms with van der Waals surface area (Å²) < 4.78 is 4.68. The van der Waals surface area contributed by atoms with Crippen molar-refractivity contribution in [1.29, 1.82) is 0 Å². The quantitative estimate of drug-likeness (QED) is 0.796. The first-order chi connectivity index (χ1) is 9.69. The number of carbonyl (C=O) groups is 1. The lowest BCUT2D eigenvalue weighted by molar-refractivity contribution is 0.0594. The summed E-state index contributed by atoms with van der Waals surface area (Å²) in [6.45, 7) is 2.16. The molecular weight excluding hydrogens is 276 g/mol. The number of ether oxygens (including phenoxy) is 1. The summed E-state index contributed by atoms with van der Waals surface area (Å²) in [5.41, 5.74) is 2.10. The molecule has 0 aliphatic carbocycles. The van der Waals surface area contributed by atoms with E-state index in [2.05, 4.69) is 14.6 Å². The molecule has 1 aliphatic rings. The minimum Gasteiger partial charge on any atom is -0.464 e. The van der Waals surface area contributed by atoms with Gasteiger partial charge in [0.1, 0.15) is 0 Å². The van der Waals surface area contributed by atoms with E-state index in [4.69, 9.17) is 11.6 Å². The van der Waals surface area contributed by atoms with Crippen LogP contribution in [0.3, 0.4) is 0 Å². The number of aromatic nitrogens is 1. The van der Waals surface area contributed by atoms with Crippen LogP contribution in [-0.2, 0) is 4.74 Å². The predicted molar refractivity (Wildman–Crippen MR) is 79.5 cm³/mol. The maximum Gasteiger partial charge on any atom is 0.356 e. The minimum absolute atomic E-state index is 0.235. The summed E-state index contributed by atoms with van der Waals surface area (Å²) in [7, 11) is 1.33. The number of anilines is 1. The number of hydrogen-bond acceptors (Lipinski definition) is 4. The summed E-state index contributed by atoms with van der Waals surface area (Å²) >= 11 is 6.28. The van der Waals surface area contributed by atoms with Crippen LogP contribution in [0.5, 0.6) is 0 Å². The van der Waals surface area contributed by atoms with Crippen LogP contribution >= 0.6 is 11.6 Å². The summed E-state index contributed by atoms with van der Waals surface area (Å²) in [5.74, 6) is -0.475. The van der Waals surface area contributed by atoms with E-state index in [0.29, 0.717) is 10.5 Å². The molecule has 3 rings (SSSR count). The van der Waals surface area contributed by atoms with Gasteiger partial charge in [0.2, 0.25) is 0 Å². The largest absolute Gasteiger partial charge is 0.464 e. The number of nitrogens with zero attached hydrogens (tertiary/aromatic N) is 2. The molecule has 0 bridgehead atoms. The third-order valence-corrected chi connectivity index (χ3v) is 3.92. The molecule has 0 amide bonds. The molecule has 0 saturated carbocycles. The van der Waals surface area contributed by atoms with Gasteiger partial charge in [0.05, 0.1) is 17.6 Å². The zero-order valence-corrected chi connectivity index (χ0v) is 12.0. The first kappa shape index (κ1) is 13.2. The Hall–Kier alpha value is -1.81. The molecule has 20 heavy (non-hydrogen) atoms. The van der Waals surface area contributed by atoms with Crippen LogP contribution in [0.1, 0.15) is 23.3 Å². The molecule has 2 aromatic rings. The Morgan fingerprint density at radius 1 is 1.30 bits per heavy atom. The first-order valence-corrected chi connectivity index (χ1v) is 7.00. The zero-order chi connectivity index (χ0) is 14.1. The highest BCUT2D eigenvalue weighted by Gasteiger charge is 2.15. The molecule has 1 fully saturated rings. The SMILES string of the molecule is COC(=O)c1cc(Cl)c2cc(N3CCCC3)ccc2n1. The van der Waals surface area contributed by atoms with E-state index < -0.39 is 5.97 Å². The molecule has 2 heterocycles. The number of methoxy groups -OCH3 is 1. The number of esters is 1. The molecule has 0 N–H and O–H groups in total. The number of fused-ring (bicyclic) bond motifs is 1. The molecule has 104 valence electrons. The van der Waals surface area contributed by atoms with E-state index in [1.165, 1.54) is 20.0 Å². The average Bonchev–Trinajstić information content (AvgIpc) is 3.00. The fourth-order valence-corrected chi connectivity index (χ4v) is 2.81. The molecule has 4 nitrogen and oxygen atoms in total. The molecule has 1 saturated heterocycles. The Kier molecular flexibility index (Phi) is 3.49. The smallest absolute Gasteiger partial charge is 0.356 e. The van der Waals surface area contributed by atoms with Crippen LogP contribution in [0.2, 0.25) is 5.02 Å². The van der Waals surface area contributed by atoms with Gasteiger partial charge in [-0.1, -0.05) is 11.6 Å². The summed E-state index contributed by atoms with van der Waals surface area (Å²) in [4.78, 5) is 18.2. The van der Waals surface area contributed by atoms with Crippen molar-refractivity contribution in [1.82, 2.24) is 4.98 Å². The van der Waals surface area contributed by atoms with Gasteiger partial charge in [0, 0.05) is 24.2 Å². The number of hydrogen-bond donors (Lipinski definition) is 0. The fourth-order valence-electron chi connectivity index (χ4n) is 2.55. The Bertz CT molecular complexity index is 666. The van der Waals surface area contributed by atoms with Gasteiger partial charge < -0.3 is 9.64 Å². The van der Waals surface area contributed by atoms with E-state index in [1.807, 2.05) is 18.2 Å². The van der Waals surface area contributed by atoms with Crippen molar-refractivity contribution in [3.8, 4) is 0 Å². The van der Waals surface area contributed by atoms with Crippen LogP contribution in [0.25, 0.3) is 10.9 Å². The molecule has 5 heteroatoms. The molecule has 0 atom stereocenters. The molecule has 1 aromatic heterocycles.